The van der Waals surface area contributed by atoms with E-state index < -0.39 is 0 Å². The van der Waals surface area contributed by atoms with Gasteiger partial charge in [-0.05, 0) is 77.2 Å². The summed E-state index contributed by atoms with van der Waals surface area (Å²) in [5.41, 5.74) is 2.98. The minimum atomic E-state index is -0.302. The lowest BCUT2D eigenvalue weighted by molar-refractivity contribution is 0.563. The number of benzene rings is 3. The lowest BCUT2D eigenvalue weighted by Gasteiger charge is -2.08. The summed E-state index contributed by atoms with van der Waals surface area (Å²) in [7, 11) is 0.711. The van der Waals surface area contributed by atoms with Gasteiger partial charge in [0.25, 0.3) is 0 Å². The number of fused-ring (bicyclic) bond motifs is 2. The Kier molecular flexibility index (Phi) is 4.15. The molecular weight excluding hydrogens is 347 g/mol. The predicted octanol–water partition coefficient (Wildman–Crippen LogP) is 5.14. The minimum Gasteiger partial charge on any atom is -0.422 e. The third-order valence-electron chi connectivity index (χ3n) is 4.48. The van der Waals surface area contributed by atoms with Crippen molar-refractivity contribution < 1.29 is 4.42 Å². The lowest BCUT2D eigenvalue weighted by Crippen LogP contribution is -2.05. The Hall–Kier alpha value is -2.09. The average molecular weight is 364 g/mol. The van der Waals surface area contributed by atoms with Crippen LogP contribution in [0.2, 0.25) is 0 Å². The van der Waals surface area contributed by atoms with E-state index in [0.29, 0.717) is 19.7 Å². The lowest BCUT2D eigenvalue weighted by atomic mass is 10.0. The number of hydrogen-bond donors (Lipinski definition) is 1. The summed E-state index contributed by atoms with van der Waals surface area (Å²) in [6, 6.07) is 18.0. The van der Waals surface area contributed by atoms with Gasteiger partial charge >= 0.3 is 5.63 Å². The van der Waals surface area contributed by atoms with Crippen molar-refractivity contribution in [1.29, 1.82) is 0 Å². The smallest absolute Gasteiger partial charge is 0.344 e. The van der Waals surface area contributed by atoms with Gasteiger partial charge in [-0.2, -0.15) is 0 Å². The van der Waals surface area contributed by atoms with E-state index in [1.165, 1.54) is 5.30 Å². The van der Waals surface area contributed by atoms with Crippen molar-refractivity contribution in [1.82, 2.24) is 0 Å². The molecule has 1 unspecified atom stereocenters. The van der Waals surface area contributed by atoms with Crippen LogP contribution in [0.15, 0.2) is 68.7 Å². The molecule has 0 saturated heterocycles. The number of hydrogen-bond acceptors (Lipinski definition) is 3. The summed E-state index contributed by atoms with van der Waals surface area (Å²) in [6.45, 7) is 4.21. The molecule has 0 amide bonds. The average Bonchev–Trinajstić information content (AvgIpc) is 2.60. The Morgan fingerprint density at radius 2 is 1.68 bits per heavy atom. The minimum absolute atomic E-state index is 0.302. The quantitative estimate of drug-likeness (QED) is 0.303. The molecule has 4 aromatic rings. The molecule has 1 atom stereocenters. The highest BCUT2D eigenvalue weighted by Gasteiger charge is 2.10. The van der Waals surface area contributed by atoms with E-state index >= 15 is 0 Å². The summed E-state index contributed by atoms with van der Waals surface area (Å²) in [6.07, 6.45) is 0. The molecule has 0 radical (unpaired) electrons. The molecule has 0 spiro atoms. The molecule has 25 heavy (non-hydrogen) atoms. The molecule has 4 heteroatoms. The summed E-state index contributed by atoms with van der Waals surface area (Å²) in [5.74, 6) is 0. The summed E-state index contributed by atoms with van der Waals surface area (Å²) in [4.78, 5) is 13.4. The highest BCUT2D eigenvalue weighted by Crippen LogP contribution is 2.27. The maximum absolute atomic E-state index is 12.5. The van der Waals surface area contributed by atoms with Crippen LogP contribution in [0.1, 0.15) is 5.56 Å². The second-order valence-corrected chi connectivity index (χ2v) is 7.70. The Balaban J connectivity index is 1.93. The number of thiol groups is 1. The van der Waals surface area contributed by atoms with Crippen LogP contribution in [0, 0.1) is 6.92 Å². The van der Waals surface area contributed by atoms with Crippen LogP contribution >= 0.6 is 21.2 Å². The van der Waals surface area contributed by atoms with Crippen LogP contribution in [0.3, 0.4) is 0 Å². The van der Waals surface area contributed by atoms with Gasteiger partial charge in [0.1, 0.15) is 5.58 Å². The first-order chi connectivity index (χ1) is 12.0. The van der Waals surface area contributed by atoms with E-state index in [9.17, 15) is 4.79 Å². The second kappa shape index (κ2) is 6.33. The summed E-state index contributed by atoms with van der Waals surface area (Å²) in [5, 5.41) is 4.45. The SMILES string of the molecule is CPc1cc2cc(-c3ccc4cc(S)ccc4c3)c(=O)oc2cc1C. The van der Waals surface area contributed by atoms with Crippen molar-refractivity contribution in [3.05, 3.63) is 70.6 Å². The Morgan fingerprint density at radius 1 is 0.920 bits per heavy atom. The molecule has 0 aliphatic rings. The molecule has 1 aromatic heterocycles. The Labute approximate surface area is 153 Å². The zero-order valence-corrected chi connectivity index (χ0v) is 15.9. The zero-order valence-electron chi connectivity index (χ0n) is 14.0. The third-order valence-corrected chi connectivity index (χ3v) is 5.84. The van der Waals surface area contributed by atoms with Crippen molar-refractivity contribution in [2.45, 2.75) is 11.8 Å². The summed E-state index contributed by atoms with van der Waals surface area (Å²) >= 11 is 4.38. The van der Waals surface area contributed by atoms with Gasteiger partial charge in [-0.3, -0.25) is 0 Å². The monoisotopic (exact) mass is 364 g/mol. The van der Waals surface area contributed by atoms with Gasteiger partial charge in [-0.1, -0.05) is 26.8 Å². The molecule has 124 valence electrons. The van der Waals surface area contributed by atoms with Crippen molar-refractivity contribution in [2.75, 3.05) is 6.66 Å². The molecule has 4 rings (SSSR count). The molecular formula is C21H17O2PS. The van der Waals surface area contributed by atoms with Crippen LogP contribution in [0.5, 0.6) is 0 Å². The first-order valence-electron chi connectivity index (χ1n) is 8.04. The van der Waals surface area contributed by atoms with Crippen LogP contribution in [-0.2, 0) is 0 Å². The molecule has 2 nitrogen and oxygen atoms in total. The van der Waals surface area contributed by atoms with E-state index in [4.69, 9.17) is 4.42 Å². The highest BCUT2D eigenvalue weighted by molar-refractivity contribution is 7.80. The molecule has 0 fully saturated rings. The van der Waals surface area contributed by atoms with Gasteiger partial charge in [0.05, 0.1) is 5.56 Å². The standard InChI is InChI=1S/C21H17O2PS/c1-12-7-19-16(11-20(12)24-2)10-18(21(22)23-19)15-4-3-14-9-17(25)6-5-13(14)8-15/h3-11,24-25H,1-2H3. The zero-order chi connectivity index (χ0) is 17.6. The molecule has 0 bridgehead atoms. The largest absolute Gasteiger partial charge is 0.422 e. The highest BCUT2D eigenvalue weighted by atomic mass is 32.1. The van der Waals surface area contributed by atoms with E-state index in [2.05, 4.69) is 32.3 Å². The molecule has 0 aliphatic heterocycles. The van der Waals surface area contributed by atoms with Gasteiger partial charge in [0.15, 0.2) is 0 Å². The van der Waals surface area contributed by atoms with Crippen molar-refractivity contribution in [3.8, 4) is 11.1 Å². The maximum atomic E-state index is 12.5. The first kappa shape index (κ1) is 16.4. The molecule has 3 aromatic carbocycles. The normalized spacial score (nSPS) is 11.8. The van der Waals surface area contributed by atoms with Gasteiger partial charge in [0, 0.05) is 10.3 Å². The van der Waals surface area contributed by atoms with Gasteiger partial charge in [-0.15, -0.1) is 12.6 Å². The van der Waals surface area contributed by atoms with Crippen molar-refractivity contribution in [2.24, 2.45) is 0 Å². The fourth-order valence-electron chi connectivity index (χ4n) is 3.14. The summed E-state index contributed by atoms with van der Waals surface area (Å²) < 4.78 is 5.59. The molecule has 1 heterocycles. The van der Waals surface area contributed by atoms with Crippen molar-refractivity contribution in [3.63, 3.8) is 0 Å². The van der Waals surface area contributed by atoms with Crippen LogP contribution in [0.4, 0.5) is 0 Å². The molecule has 0 aliphatic carbocycles. The predicted molar refractivity (Wildman–Crippen MR) is 111 cm³/mol. The number of rotatable bonds is 2. The fraction of sp³-hybridized carbons (Fsp3) is 0.0952. The fourth-order valence-corrected chi connectivity index (χ4v) is 4.12. The Bertz CT molecular complexity index is 1180. The maximum Gasteiger partial charge on any atom is 0.344 e. The van der Waals surface area contributed by atoms with E-state index in [0.717, 1.165) is 32.2 Å². The van der Waals surface area contributed by atoms with Gasteiger partial charge in [0.2, 0.25) is 0 Å². The number of aryl methyl sites for hydroxylation is 1. The van der Waals surface area contributed by atoms with E-state index in [1.807, 2.05) is 48.5 Å². The molecule has 0 saturated carbocycles. The van der Waals surface area contributed by atoms with Gasteiger partial charge < -0.3 is 4.42 Å². The third kappa shape index (κ3) is 2.99. The van der Waals surface area contributed by atoms with Gasteiger partial charge in [-0.25, -0.2) is 4.79 Å². The molecule has 0 N–H and O–H groups in total. The van der Waals surface area contributed by atoms with E-state index in [-0.39, 0.29) is 5.63 Å². The van der Waals surface area contributed by atoms with Crippen LogP contribution < -0.4 is 10.9 Å². The Morgan fingerprint density at radius 3 is 2.48 bits per heavy atom. The second-order valence-electron chi connectivity index (χ2n) is 6.15. The first-order valence-corrected chi connectivity index (χ1v) is 9.99. The van der Waals surface area contributed by atoms with Crippen molar-refractivity contribution >= 4 is 48.3 Å². The van der Waals surface area contributed by atoms with E-state index in [1.54, 1.807) is 0 Å². The van der Waals surface area contributed by atoms with Crippen LogP contribution in [0.25, 0.3) is 32.9 Å². The topological polar surface area (TPSA) is 30.2 Å². The van der Waals surface area contributed by atoms with Crippen LogP contribution in [-0.4, -0.2) is 6.66 Å².